The number of anilines is 1. The third-order valence-corrected chi connectivity index (χ3v) is 6.00. The Kier molecular flexibility index (Phi) is 8.49. The maximum atomic E-state index is 13.9. The van der Waals surface area contributed by atoms with Crippen molar-refractivity contribution in [3.8, 4) is 16.9 Å². The van der Waals surface area contributed by atoms with E-state index in [9.17, 15) is 4.39 Å². The summed E-state index contributed by atoms with van der Waals surface area (Å²) in [5, 5.41) is 15.0. The van der Waals surface area contributed by atoms with Gasteiger partial charge in [-0.25, -0.2) is 9.37 Å². The SMILES string of the molecule is C[C@@H](Oc1cc(-c2cnn(C3CCNCC3)c2)cnc1N)c1c(Cl)ccc(F)c1Cl.O=CO. The Hall–Kier alpha value is -2.88. The highest BCUT2D eigenvalue weighted by Crippen LogP contribution is 2.37. The van der Waals surface area contributed by atoms with Crippen LogP contribution in [-0.2, 0) is 4.79 Å². The first kappa shape index (κ1) is 24.8. The third-order valence-electron chi connectivity index (χ3n) is 5.29. The number of piperidine rings is 1. The van der Waals surface area contributed by atoms with Crippen LogP contribution in [0.2, 0.25) is 10.0 Å². The van der Waals surface area contributed by atoms with E-state index >= 15 is 0 Å². The number of pyridine rings is 1. The van der Waals surface area contributed by atoms with Crippen LogP contribution in [0.3, 0.4) is 0 Å². The molecule has 1 aliphatic rings. The molecule has 2 aromatic heterocycles. The molecule has 1 atom stereocenters. The number of hydrogen-bond acceptors (Lipinski definition) is 6. The molecule has 1 saturated heterocycles. The highest BCUT2D eigenvalue weighted by Gasteiger charge is 2.21. The normalized spacial score (nSPS) is 14.8. The second kappa shape index (κ2) is 11.3. The van der Waals surface area contributed by atoms with Crippen LogP contribution in [0.4, 0.5) is 10.2 Å². The molecule has 1 aliphatic heterocycles. The molecule has 1 aromatic carbocycles. The molecular formula is C22H24Cl2FN5O3. The predicted molar refractivity (Wildman–Crippen MR) is 125 cm³/mol. The van der Waals surface area contributed by atoms with Gasteiger partial charge in [0, 0.05) is 34.1 Å². The Bertz CT molecular complexity index is 1110. The molecular weight excluding hydrogens is 472 g/mol. The van der Waals surface area contributed by atoms with Crippen molar-refractivity contribution in [2.45, 2.75) is 31.9 Å². The van der Waals surface area contributed by atoms with Gasteiger partial charge in [0.05, 0.1) is 17.3 Å². The minimum atomic E-state index is -0.627. The molecule has 33 heavy (non-hydrogen) atoms. The molecule has 0 bridgehead atoms. The van der Waals surface area contributed by atoms with Gasteiger partial charge in [0.15, 0.2) is 11.6 Å². The van der Waals surface area contributed by atoms with Gasteiger partial charge in [-0.3, -0.25) is 9.48 Å². The van der Waals surface area contributed by atoms with Gasteiger partial charge in [-0.15, -0.1) is 0 Å². The largest absolute Gasteiger partial charge is 0.483 e. The first-order valence-corrected chi connectivity index (χ1v) is 11.0. The Labute approximate surface area is 200 Å². The quantitative estimate of drug-likeness (QED) is 0.345. The number of hydrogen-bond donors (Lipinski definition) is 3. The fourth-order valence-electron chi connectivity index (χ4n) is 3.63. The van der Waals surface area contributed by atoms with E-state index < -0.39 is 11.9 Å². The Balaban J connectivity index is 0.000000968. The van der Waals surface area contributed by atoms with Crippen LogP contribution in [0.5, 0.6) is 5.75 Å². The van der Waals surface area contributed by atoms with Crippen LogP contribution in [0.15, 0.2) is 36.8 Å². The average Bonchev–Trinajstić information content (AvgIpc) is 3.30. The average molecular weight is 496 g/mol. The number of nitrogens with two attached hydrogens (primary N) is 1. The van der Waals surface area contributed by atoms with Crippen molar-refractivity contribution in [1.82, 2.24) is 20.1 Å². The summed E-state index contributed by atoms with van der Waals surface area (Å²) < 4.78 is 21.9. The van der Waals surface area contributed by atoms with Crippen LogP contribution < -0.4 is 15.8 Å². The summed E-state index contributed by atoms with van der Waals surface area (Å²) in [7, 11) is 0. The Morgan fingerprint density at radius 2 is 2.00 bits per heavy atom. The summed E-state index contributed by atoms with van der Waals surface area (Å²) in [5.74, 6) is 0.0303. The number of carbonyl (C=O) groups is 1. The van der Waals surface area contributed by atoms with Gasteiger partial charge in [0.1, 0.15) is 11.9 Å². The number of nitrogens with one attached hydrogen (secondary N) is 1. The van der Waals surface area contributed by atoms with Crippen molar-refractivity contribution in [1.29, 1.82) is 0 Å². The van der Waals surface area contributed by atoms with E-state index in [1.54, 1.807) is 19.2 Å². The topological polar surface area (TPSA) is 115 Å². The van der Waals surface area contributed by atoms with Crippen molar-refractivity contribution < 1.29 is 19.0 Å². The summed E-state index contributed by atoms with van der Waals surface area (Å²) in [6.07, 6.45) is 6.96. The number of nitrogen functional groups attached to an aromatic ring is 1. The lowest BCUT2D eigenvalue weighted by Gasteiger charge is -2.22. The maximum Gasteiger partial charge on any atom is 0.290 e. The zero-order chi connectivity index (χ0) is 24.0. The highest BCUT2D eigenvalue weighted by atomic mass is 35.5. The lowest BCUT2D eigenvalue weighted by atomic mass is 10.1. The number of halogens is 3. The molecule has 4 N–H and O–H groups in total. The molecule has 11 heteroatoms. The van der Waals surface area contributed by atoms with Gasteiger partial charge >= 0.3 is 0 Å². The van der Waals surface area contributed by atoms with Crippen molar-refractivity contribution in [2.24, 2.45) is 0 Å². The van der Waals surface area contributed by atoms with Gasteiger partial charge in [0.25, 0.3) is 6.47 Å². The van der Waals surface area contributed by atoms with E-state index in [-0.39, 0.29) is 17.3 Å². The minimum absolute atomic E-state index is 0.0686. The number of carboxylic acid groups (broad SMARTS) is 1. The smallest absolute Gasteiger partial charge is 0.290 e. The van der Waals surface area contributed by atoms with Crippen molar-refractivity contribution >= 4 is 35.5 Å². The molecule has 0 radical (unpaired) electrons. The number of nitrogens with zero attached hydrogens (tertiary/aromatic N) is 3. The summed E-state index contributed by atoms with van der Waals surface area (Å²) in [6.45, 7) is 3.46. The number of aromatic nitrogens is 3. The second-order valence-electron chi connectivity index (χ2n) is 7.42. The summed E-state index contributed by atoms with van der Waals surface area (Å²) in [6, 6.07) is 4.85. The molecule has 0 amide bonds. The van der Waals surface area contributed by atoms with Gasteiger partial charge < -0.3 is 20.9 Å². The second-order valence-corrected chi connectivity index (χ2v) is 8.21. The first-order valence-electron chi connectivity index (χ1n) is 10.2. The summed E-state index contributed by atoms with van der Waals surface area (Å²) >= 11 is 12.3. The van der Waals surface area contributed by atoms with E-state index in [0.29, 0.717) is 22.4 Å². The number of rotatable bonds is 5. The molecule has 0 unspecified atom stereocenters. The van der Waals surface area contributed by atoms with E-state index in [0.717, 1.165) is 37.1 Å². The maximum absolute atomic E-state index is 13.9. The molecule has 0 saturated carbocycles. The number of benzene rings is 1. The molecule has 176 valence electrons. The van der Waals surface area contributed by atoms with Crippen molar-refractivity contribution in [3.05, 3.63) is 58.2 Å². The van der Waals surface area contributed by atoms with E-state index in [1.165, 1.54) is 12.1 Å². The molecule has 3 heterocycles. The van der Waals surface area contributed by atoms with E-state index in [4.69, 9.17) is 43.6 Å². The minimum Gasteiger partial charge on any atom is -0.483 e. The van der Waals surface area contributed by atoms with Gasteiger partial charge in [0.2, 0.25) is 0 Å². The van der Waals surface area contributed by atoms with Crippen LogP contribution in [0, 0.1) is 5.82 Å². The Morgan fingerprint density at radius 1 is 1.30 bits per heavy atom. The lowest BCUT2D eigenvalue weighted by Crippen LogP contribution is -2.29. The molecule has 1 fully saturated rings. The van der Waals surface area contributed by atoms with Crippen molar-refractivity contribution in [3.63, 3.8) is 0 Å². The van der Waals surface area contributed by atoms with Crippen LogP contribution in [0.25, 0.3) is 11.1 Å². The Morgan fingerprint density at radius 3 is 2.70 bits per heavy atom. The molecule has 4 rings (SSSR count). The predicted octanol–water partition coefficient (Wildman–Crippen LogP) is 4.74. The van der Waals surface area contributed by atoms with Gasteiger partial charge in [-0.2, -0.15) is 5.10 Å². The zero-order valence-corrected chi connectivity index (χ0v) is 19.4. The molecule has 0 spiro atoms. The molecule has 8 nitrogen and oxygen atoms in total. The molecule has 0 aliphatic carbocycles. The van der Waals surface area contributed by atoms with Gasteiger partial charge in [-0.1, -0.05) is 23.2 Å². The standard InChI is InChI=1S/C21H22Cl2FN5O.CH2O2/c1-12(19-16(22)2-3-17(24)20(19)23)30-18-8-13(9-27-21(18)25)14-10-28-29(11-14)15-4-6-26-7-5-15;2-1-3/h2-3,8-12,15,26H,4-7H2,1H3,(H2,25,27);1H,(H,2,3)/t12-;/m1./s1. The van der Waals surface area contributed by atoms with E-state index in [2.05, 4.69) is 15.4 Å². The molecule has 3 aromatic rings. The zero-order valence-electron chi connectivity index (χ0n) is 17.8. The lowest BCUT2D eigenvalue weighted by molar-refractivity contribution is -0.122. The monoisotopic (exact) mass is 495 g/mol. The van der Waals surface area contributed by atoms with E-state index in [1.807, 2.05) is 17.1 Å². The summed E-state index contributed by atoms with van der Waals surface area (Å²) in [4.78, 5) is 12.6. The van der Waals surface area contributed by atoms with Crippen LogP contribution >= 0.6 is 23.2 Å². The van der Waals surface area contributed by atoms with Crippen LogP contribution in [-0.4, -0.2) is 39.4 Å². The van der Waals surface area contributed by atoms with Crippen LogP contribution in [0.1, 0.15) is 37.5 Å². The number of ether oxygens (including phenoxy) is 1. The van der Waals surface area contributed by atoms with Crippen molar-refractivity contribution in [2.75, 3.05) is 18.8 Å². The third kappa shape index (κ3) is 5.93. The fourth-order valence-corrected chi connectivity index (χ4v) is 4.31. The van der Waals surface area contributed by atoms with Gasteiger partial charge in [-0.05, 0) is 51.1 Å². The fraction of sp³-hybridized carbons (Fsp3) is 0.318. The first-order chi connectivity index (χ1) is 15.8. The highest BCUT2D eigenvalue weighted by molar-refractivity contribution is 6.36. The summed E-state index contributed by atoms with van der Waals surface area (Å²) in [5.41, 5.74) is 8.12.